The van der Waals surface area contributed by atoms with Gasteiger partial charge in [-0.3, -0.25) is 4.79 Å². The van der Waals surface area contributed by atoms with E-state index in [4.69, 9.17) is 10.5 Å². The third-order valence-electron chi connectivity index (χ3n) is 4.89. The second kappa shape index (κ2) is 8.77. The first-order valence-electron chi connectivity index (χ1n) is 8.46. The quantitative estimate of drug-likeness (QED) is 0.782. The van der Waals surface area contributed by atoms with E-state index in [9.17, 15) is 4.79 Å². The summed E-state index contributed by atoms with van der Waals surface area (Å²) in [5, 5.41) is 2.97. The Bertz CT molecular complexity index is 698. The van der Waals surface area contributed by atoms with E-state index < -0.39 is 0 Å². The predicted octanol–water partition coefficient (Wildman–Crippen LogP) is 4.61. The van der Waals surface area contributed by atoms with Gasteiger partial charge in [0.15, 0.2) is 0 Å². The van der Waals surface area contributed by atoms with Gasteiger partial charge in [0.25, 0.3) is 0 Å². The molecule has 0 aromatic heterocycles. The van der Waals surface area contributed by atoms with Crippen molar-refractivity contribution in [1.82, 2.24) is 0 Å². The minimum absolute atomic E-state index is 0. The summed E-state index contributed by atoms with van der Waals surface area (Å²) in [5.41, 5.74) is 8.52. The summed E-state index contributed by atoms with van der Waals surface area (Å²) in [4.78, 5) is 12.6. The van der Waals surface area contributed by atoms with Crippen LogP contribution >= 0.6 is 12.4 Å². The maximum atomic E-state index is 12.6. The largest absolute Gasteiger partial charge is 0.497 e. The maximum absolute atomic E-state index is 12.6. The molecule has 5 heteroatoms. The second-order valence-electron chi connectivity index (χ2n) is 6.40. The van der Waals surface area contributed by atoms with Gasteiger partial charge in [-0.1, -0.05) is 30.3 Å². The molecule has 0 saturated heterocycles. The van der Waals surface area contributed by atoms with E-state index in [1.165, 1.54) is 5.56 Å². The van der Waals surface area contributed by atoms with Gasteiger partial charge in [0, 0.05) is 12.0 Å². The van der Waals surface area contributed by atoms with E-state index >= 15 is 0 Å². The number of anilines is 2. The fraction of sp³-hybridized carbons (Fsp3) is 0.350. The first-order chi connectivity index (χ1) is 11.7. The normalized spacial score (nSPS) is 19.6. The lowest BCUT2D eigenvalue weighted by molar-refractivity contribution is -0.120. The number of methoxy groups -OCH3 is 1. The molecule has 1 fully saturated rings. The highest BCUT2D eigenvalue weighted by atomic mass is 35.5. The van der Waals surface area contributed by atoms with Crippen molar-refractivity contribution in [1.29, 1.82) is 0 Å². The van der Waals surface area contributed by atoms with Crippen molar-refractivity contribution in [3.8, 4) is 5.75 Å². The Morgan fingerprint density at radius 2 is 1.76 bits per heavy atom. The molecule has 0 heterocycles. The first-order valence-corrected chi connectivity index (χ1v) is 8.46. The van der Waals surface area contributed by atoms with Gasteiger partial charge >= 0.3 is 0 Å². The zero-order valence-electron chi connectivity index (χ0n) is 14.4. The number of amides is 1. The molecule has 3 N–H and O–H groups in total. The lowest BCUT2D eigenvalue weighted by atomic mass is 9.78. The van der Waals surface area contributed by atoms with E-state index in [0.717, 1.165) is 25.7 Å². The number of ether oxygens (including phenoxy) is 1. The van der Waals surface area contributed by atoms with Crippen molar-refractivity contribution in [3.63, 3.8) is 0 Å². The monoisotopic (exact) mass is 360 g/mol. The summed E-state index contributed by atoms with van der Waals surface area (Å²) in [6, 6.07) is 15.9. The van der Waals surface area contributed by atoms with Gasteiger partial charge in [-0.2, -0.15) is 0 Å². The molecule has 1 aliphatic rings. The van der Waals surface area contributed by atoms with E-state index in [1.54, 1.807) is 25.3 Å². The summed E-state index contributed by atoms with van der Waals surface area (Å²) in [6.45, 7) is 0. The molecule has 0 aliphatic heterocycles. The first kappa shape index (κ1) is 19.1. The number of hydrogen-bond acceptors (Lipinski definition) is 3. The molecule has 2 aromatic rings. The highest BCUT2D eigenvalue weighted by Gasteiger charge is 2.27. The number of carbonyl (C=O) groups excluding carboxylic acids is 1. The molecule has 1 amide bonds. The van der Waals surface area contributed by atoms with Gasteiger partial charge in [0.2, 0.25) is 5.91 Å². The third kappa shape index (κ3) is 4.67. The van der Waals surface area contributed by atoms with Gasteiger partial charge in [-0.25, -0.2) is 0 Å². The van der Waals surface area contributed by atoms with Crippen LogP contribution in [0.15, 0.2) is 48.5 Å². The molecule has 4 nitrogen and oxygen atoms in total. The van der Waals surface area contributed by atoms with Gasteiger partial charge < -0.3 is 15.8 Å². The number of nitrogen functional groups attached to an aromatic ring is 1. The average molecular weight is 361 g/mol. The van der Waals surface area contributed by atoms with Gasteiger partial charge in [-0.05, 0) is 49.3 Å². The van der Waals surface area contributed by atoms with E-state index in [2.05, 4.69) is 29.6 Å². The van der Waals surface area contributed by atoms with Crippen LogP contribution in [0.25, 0.3) is 0 Å². The molecule has 0 unspecified atom stereocenters. The maximum Gasteiger partial charge on any atom is 0.227 e. The molecule has 25 heavy (non-hydrogen) atoms. The van der Waals surface area contributed by atoms with E-state index in [-0.39, 0.29) is 24.2 Å². The number of halogens is 1. The topological polar surface area (TPSA) is 64.3 Å². The highest BCUT2D eigenvalue weighted by Crippen LogP contribution is 2.36. The van der Waals surface area contributed by atoms with E-state index in [0.29, 0.717) is 23.0 Å². The van der Waals surface area contributed by atoms with Crippen molar-refractivity contribution in [2.45, 2.75) is 31.6 Å². The van der Waals surface area contributed by atoms with Crippen molar-refractivity contribution in [3.05, 3.63) is 54.1 Å². The Morgan fingerprint density at radius 1 is 1.08 bits per heavy atom. The van der Waals surface area contributed by atoms with Crippen LogP contribution in [0.2, 0.25) is 0 Å². The highest BCUT2D eigenvalue weighted by molar-refractivity contribution is 5.95. The molecule has 134 valence electrons. The smallest absolute Gasteiger partial charge is 0.227 e. The Hall–Kier alpha value is -2.20. The molecule has 1 aliphatic carbocycles. The molecule has 1 saturated carbocycles. The number of rotatable bonds is 4. The van der Waals surface area contributed by atoms with Crippen LogP contribution < -0.4 is 15.8 Å². The summed E-state index contributed by atoms with van der Waals surface area (Å²) in [7, 11) is 1.60. The third-order valence-corrected chi connectivity index (χ3v) is 4.89. The fourth-order valence-corrected chi connectivity index (χ4v) is 3.42. The molecular weight excluding hydrogens is 336 g/mol. The number of nitrogens with one attached hydrogen (secondary N) is 1. The standard InChI is InChI=1S/C20H24N2O2.ClH/c1-24-17-11-12-18(21)19(13-17)22-20(23)16-9-7-15(8-10-16)14-5-3-2-4-6-14;/h2-6,11-13,15-16H,7-10,21H2,1H3,(H,22,23);1H. The lowest BCUT2D eigenvalue weighted by Crippen LogP contribution is -2.27. The van der Waals surface area contributed by atoms with E-state index in [1.807, 2.05) is 6.07 Å². The van der Waals surface area contributed by atoms with Crippen LogP contribution in [-0.2, 0) is 4.79 Å². The molecular formula is C20H25ClN2O2. The number of hydrogen-bond donors (Lipinski definition) is 2. The molecule has 0 radical (unpaired) electrons. The fourth-order valence-electron chi connectivity index (χ4n) is 3.42. The zero-order chi connectivity index (χ0) is 16.9. The second-order valence-corrected chi connectivity index (χ2v) is 6.40. The zero-order valence-corrected chi connectivity index (χ0v) is 15.2. The Labute approximate surface area is 155 Å². The van der Waals surface area contributed by atoms with Gasteiger partial charge in [-0.15, -0.1) is 12.4 Å². The van der Waals surface area contributed by atoms with Crippen LogP contribution in [0.3, 0.4) is 0 Å². The van der Waals surface area contributed by atoms with Crippen molar-refractivity contribution >= 4 is 29.7 Å². The Kier molecular flexibility index (Phi) is 6.71. The summed E-state index contributed by atoms with van der Waals surface area (Å²) >= 11 is 0. The van der Waals surface area contributed by atoms with Crippen molar-refractivity contribution < 1.29 is 9.53 Å². The van der Waals surface area contributed by atoms with Crippen molar-refractivity contribution in [2.75, 3.05) is 18.2 Å². The number of benzene rings is 2. The van der Waals surface area contributed by atoms with Crippen LogP contribution in [0.5, 0.6) is 5.75 Å². The Morgan fingerprint density at radius 3 is 2.40 bits per heavy atom. The summed E-state index contributed by atoms with van der Waals surface area (Å²) in [5.74, 6) is 1.36. The SMILES string of the molecule is COc1ccc(N)c(NC(=O)C2CCC(c3ccccc3)CC2)c1.Cl. The Balaban J connectivity index is 0.00000225. The molecule has 3 rings (SSSR count). The molecule has 0 spiro atoms. The van der Waals surface area contributed by atoms with Crippen molar-refractivity contribution in [2.24, 2.45) is 5.92 Å². The number of nitrogens with two attached hydrogens (primary N) is 1. The average Bonchev–Trinajstić information content (AvgIpc) is 2.64. The van der Waals surface area contributed by atoms with Crippen LogP contribution in [0.1, 0.15) is 37.2 Å². The summed E-state index contributed by atoms with van der Waals surface area (Å²) in [6.07, 6.45) is 3.93. The summed E-state index contributed by atoms with van der Waals surface area (Å²) < 4.78 is 5.19. The molecule has 2 aromatic carbocycles. The number of carbonyl (C=O) groups is 1. The van der Waals surface area contributed by atoms with Gasteiger partial charge in [0.1, 0.15) is 5.75 Å². The molecule has 0 bridgehead atoms. The van der Waals surface area contributed by atoms with Crippen LogP contribution in [0, 0.1) is 5.92 Å². The predicted molar refractivity (Wildman–Crippen MR) is 104 cm³/mol. The minimum Gasteiger partial charge on any atom is -0.497 e. The van der Waals surface area contributed by atoms with Crippen LogP contribution in [0.4, 0.5) is 11.4 Å². The molecule has 0 atom stereocenters. The lowest BCUT2D eigenvalue weighted by Gasteiger charge is -2.28. The van der Waals surface area contributed by atoms with Crippen LogP contribution in [-0.4, -0.2) is 13.0 Å². The minimum atomic E-state index is 0. The van der Waals surface area contributed by atoms with Gasteiger partial charge in [0.05, 0.1) is 18.5 Å².